The Kier molecular flexibility index (Phi) is 6.16. The molecule has 0 bridgehead atoms. The predicted octanol–water partition coefficient (Wildman–Crippen LogP) is 3.00. The Morgan fingerprint density at radius 2 is 2.17 bits per heavy atom. The van der Waals surface area contributed by atoms with Crippen molar-refractivity contribution in [2.24, 2.45) is 5.10 Å². The number of ether oxygens (including phenoxy) is 2. The van der Waals surface area contributed by atoms with E-state index in [-0.39, 0.29) is 11.8 Å². The maximum atomic E-state index is 11.8. The molecule has 1 aromatic carbocycles. The van der Waals surface area contributed by atoms with Crippen LogP contribution in [-0.4, -0.2) is 30.3 Å². The highest BCUT2D eigenvalue weighted by Gasteiger charge is 2.12. The number of benzene rings is 1. The Bertz CT molecular complexity index is 700. The zero-order valence-electron chi connectivity index (χ0n) is 12.7. The molecule has 0 radical (unpaired) electrons. The number of amides is 1. The Morgan fingerprint density at radius 1 is 1.39 bits per heavy atom. The zero-order valence-corrected chi connectivity index (χ0v) is 14.3. The van der Waals surface area contributed by atoms with E-state index in [2.05, 4.69) is 31.4 Å². The normalized spacial score (nSPS) is 10.7. The quantitative estimate of drug-likeness (QED) is 0.588. The number of carbonyl (C=O) groups is 1. The molecule has 8 heteroatoms. The summed E-state index contributed by atoms with van der Waals surface area (Å²) in [4.78, 5) is 15.6. The standard InChI is InChI=1S/C15H16BrN3O4/c1-3-21-11-5-6-12(16)10(7-11)8-18-19-14(20)15-17-9-13(23-15)22-4-2/h5-9H,3-4H2,1-2H3,(H,19,20)/b18-8-. The molecule has 0 spiro atoms. The first kappa shape index (κ1) is 17.0. The van der Waals surface area contributed by atoms with Crippen LogP contribution in [0.25, 0.3) is 0 Å². The third-order valence-electron chi connectivity index (χ3n) is 2.61. The van der Waals surface area contributed by atoms with Gasteiger partial charge < -0.3 is 13.9 Å². The van der Waals surface area contributed by atoms with Gasteiger partial charge in [0.15, 0.2) is 0 Å². The average molecular weight is 382 g/mol. The number of nitrogens with one attached hydrogen (secondary N) is 1. The van der Waals surface area contributed by atoms with Crippen molar-refractivity contribution in [3.05, 3.63) is 40.3 Å². The van der Waals surface area contributed by atoms with E-state index in [1.807, 2.05) is 25.1 Å². The van der Waals surface area contributed by atoms with Crippen LogP contribution in [0.2, 0.25) is 0 Å². The van der Waals surface area contributed by atoms with Crippen molar-refractivity contribution in [1.29, 1.82) is 0 Å². The summed E-state index contributed by atoms with van der Waals surface area (Å²) in [7, 11) is 0. The summed E-state index contributed by atoms with van der Waals surface area (Å²) in [5.41, 5.74) is 3.10. The van der Waals surface area contributed by atoms with E-state index in [4.69, 9.17) is 13.9 Å². The van der Waals surface area contributed by atoms with Crippen LogP contribution in [-0.2, 0) is 0 Å². The van der Waals surface area contributed by atoms with Gasteiger partial charge in [0.25, 0.3) is 5.89 Å². The van der Waals surface area contributed by atoms with E-state index in [0.29, 0.717) is 13.2 Å². The molecule has 0 aliphatic heterocycles. The lowest BCUT2D eigenvalue weighted by molar-refractivity contribution is 0.0912. The summed E-state index contributed by atoms with van der Waals surface area (Å²) >= 11 is 3.41. The fourth-order valence-electron chi connectivity index (χ4n) is 1.66. The van der Waals surface area contributed by atoms with E-state index in [0.717, 1.165) is 15.8 Å². The highest BCUT2D eigenvalue weighted by Crippen LogP contribution is 2.21. The molecular formula is C15H16BrN3O4. The first-order chi connectivity index (χ1) is 11.1. The highest BCUT2D eigenvalue weighted by atomic mass is 79.9. The molecule has 2 aromatic rings. The summed E-state index contributed by atoms with van der Waals surface area (Å²) in [5.74, 6) is 0.225. The second kappa shape index (κ2) is 8.33. The van der Waals surface area contributed by atoms with Gasteiger partial charge in [-0.3, -0.25) is 4.79 Å². The van der Waals surface area contributed by atoms with Crippen LogP contribution in [0, 0.1) is 0 Å². The highest BCUT2D eigenvalue weighted by molar-refractivity contribution is 9.10. The summed E-state index contributed by atoms with van der Waals surface area (Å²) in [6.07, 6.45) is 2.83. The minimum atomic E-state index is -0.565. The molecule has 2 rings (SSSR count). The number of oxazole rings is 1. The van der Waals surface area contributed by atoms with Gasteiger partial charge in [0.05, 0.1) is 19.4 Å². The van der Waals surface area contributed by atoms with Gasteiger partial charge in [-0.05, 0) is 32.0 Å². The molecule has 1 aromatic heterocycles. The maximum Gasteiger partial charge on any atom is 0.327 e. The molecule has 0 atom stereocenters. The topological polar surface area (TPSA) is 86.0 Å². The molecule has 0 aliphatic rings. The predicted molar refractivity (Wildman–Crippen MR) is 88.0 cm³/mol. The van der Waals surface area contributed by atoms with Crippen LogP contribution >= 0.6 is 15.9 Å². The smallest absolute Gasteiger partial charge is 0.327 e. The molecule has 7 nitrogen and oxygen atoms in total. The Morgan fingerprint density at radius 3 is 2.91 bits per heavy atom. The summed E-state index contributed by atoms with van der Waals surface area (Å²) in [6, 6.07) is 5.49. The minimum Gasteiger partial charge on any atom is -0.494 e. The molecule has 0 aliphatic carbocycles. The van der Waals surface area contributed by atoms with Crippen LogP contribution in [0.3, 0.4) is 0 Å². The third kappa shape index (κ3) is 4.82. The van der Waals surface area contributed by atoms with Gasteiger partial charge in [-0.1, -0.05) is 15.9 Å². The minimum absolute atomic E-state index is 0.118. The molecule has 23 heavy (non-hydrogen) atoms. The average Bonchev–Trinajstić information content (AvgIpc) is 3.00. The Labute approximate surface area is 141 Å². The van der Waals surface area contributed by atoms with Crippen molar-refractivity contribution in [1.82, 2.24) is 10.4 Å². The van der Waals surface area contributed by atoms with E-state index in [1.54, 1.807) is 6.92 Å². The van der Waals surface area contributed by atoms with Crippen molar-refractivity contribution >= 4 is 28.1 Å². The fourth-order valence-corrected chi connectivity index (χ4v) is 2.01. The first-order valence-corrected chi connectivity index (χ1v) is 7.77. The Balaban J connectivity index is 2.00. The van der Waals surface area contributed by atoms with Crippen molar-refractivity contribution < 1.29 is 18.7 Å². The van der Waals surface area contributed by atoms with Crippen molar-refractivity contribution in [2.45, 2.75) is 13.8 Å². The Hall–Kier alpha value is -2.35. The first-order valence-electron chi connectivity index (χ1n) is 6.98. The SMILES string of the molecule is CCOc1ccc(Br)c(/C=N\NC(=O)c2ncc(OCC)o2)c1. The molecule has 122 valence electrons. The van der Waals surface area contributed by atoms with Crippen molar-refractivity contribution in [3.63, 3.8) is 0 Å². The zero-order chi connectivity index (χ0) is 16.7. The number of halogens is 1. The van der Waals surface area contributed by atoms with Gasteiger partial charge >= 0.3 is 11.9 Å². The van der Waals surface area contributed by atoms with Gasteiger partial charge in [-0.15, -0.1) is 0 Å². The number of hydrogen-bond donors (Lipinski definition) is 1. The van der Waals surface area contributed by atoms with Crippen molar-refractivity contribution in [3.8, 4) is 11.7 Å². The number of nitrogens with zero attached hydrogens (tertiary/aromatic N) is 2. The molecule has 1 amide bonds. The molecule has 0 fully saturated rings. The lowest BCUT2D eigenvalue weighted by atomic mass is 10.2. The maximum absolute atomic E-state index is 11.8. The van der Waals surface area contributed by atoms with E-state index >= 15 is 0 Å². The number of hydrogen-bond acceptors (Lipinski definition) is 6. The third-order valence-corrected chi connectivity index (χ3v) is 3.34. The lowest BCUT2D eigenvalue weighted by Gasteiger charge is -2.05. The van der Waals surface area contributed by atoms with Crippen LogP contribution in [0.4, 0.5) is 0 Å². The van der Waals surface area contributed by atoms with Crippen LogP contribution in [0.15, 0.2) is 38.4 Å². The molecule has 0 saturated carbocycles. The van der Waals surface area contributed by atoms with Gasteiger partial charge in [0.2, 0.25) is 0 Å². The largest absolute Gasteiger partial charge is 0.494 e. The van der Waals surface area contributed by atoms with E-state index in [1.165, 1.54) is 12.4 Å². The number of hydrazone groups is 1. The summed E-state index contributed by atoms with van der Waals surface area (Å²) in [5, 5.41) is 3.88. The summed E-state index contributed by atoms with van der Waals surface area (Å²) in [6.45, 7) is 4.71. The monoisotopic (exact) mass is 381 g/mol. The number of rotatable bonds is 7. The van der Waals surface area contributed by atoms with E-state index < -0.39 is 5.91 Å². The van der Waals surface area contributed by atoms with E-state index in [9.17, 15) is 4.79 Å². The lowest BCUT2D eigenvalue weighted by Crippen LogP contribution is -2.17. The number of carbonyl (C=O) groups excluding carboxylic acids is 1. The van der Waals surface area contributed by atoms with Crippen LogP contribution < -0.4 is 14.9 Å². The van der Waals surface area contributed by atoms with Gasteiger partial charge in [-0.25, -0.2) is 10.4 Å². The second-order valence-corrected chi connectivity index (χ2v) is 5.09. The number of aromatic nitrogens is 1. The van der Waals surface area contributed by atoms with Crippen molar-refractivity contribution in [2.75, 3.05) is 13.2 Å². The molecular weight excluding hydrogens is 366 g/mol. The fraction of sp³-hybridized carbons (Fsp3) is 0.267. The van der Waals surface area contributed by atoms with Crippen LogP contribution in [0.5, 0.6) is 11.7 Å². The van der Waals surface area contributed by atoms with Gasteiger partial charge in [0.1, 0.15) is 11.9 Å². The second-order valence-electron chi connectivity index (χ2n) is 4.23. The molecule has 0 unspecified atom stereocenters. The molecule has 0 saturated heterocycles. The molecule has 1 N–H and O–H groups in total. The van der Waals surface area contributed by atoms with Crippen LogP contribution in [0.1, 0.15) is 30.1 Å². The summed E-state index contributed by atoms with van der Waals surface area (Å²) < 4.78 is 16.5. The molecule has 1 heterocycles. The van der Waals surface area contributed by atoms with Gasteiger partial charge in [-0.2, -0.15) is 5.10 Å². The van der Waals surface area contributed by atoms with Gasteiger partial charge in [0, 0.05) is 10.0 Å².